The number of rotatable bonds is 4. The Labute approximate surface area is 139 Å². The maximum absolute atomic E-state index is 12.7. The largest absolute Gasteiger partial charge is 0.289 e. The zero-order valence-corrected chi connectivity index (χ0v) is 13.8. The predicted octanol–water partition coefficient (Wildman–Crippen LogP) is 4.09. The highest BCUT2D eigenvalue weighted by molar-refractivity contribution is 7.84. The molecular weight excluding hydrogens is 328 g/mol. The van der Waals surface area contributed by atoms with Crippen LogP contribution in [0.25, 0.3) is 0 Å². The first-order chi connectivity index (χ1) is 9.50. The molecule has 0 heterocycles. The van der Waals surface area contributed by atoms with Crippen LogP contribution in [-0.4, -0.2) is 5.78 Å². The van der Waals surface area contributed by atoms with E-state index < -0.39 is 4.93 Å². The molecule has 2 rings (SSSR count). The van der Waals surface area contributed by atoms with Crippen molar-refractivity contribution in [1.29, 1.82) is 0 Å². The van der Waals surface area contributed by atoms with Crippen LogP contribution in [0.5, 0.6) is 0 Å². The second kappa shape index (κ2) is 6.49. The molecule has 2 aromatic carbocycles. The second-order valence-electron chi connectivity index (χ2n) is 4.10. The predicted molar refractivity (Wildman–Crippen MR) is 92.5 cm³/mol. The Balaban J connectivity index is 2.54. The number of carbonyl (C=O) groups excluding carboxylic acids is 1. The molecule has 1 atom stereocenters. The summed E-state index contributed by atoms with van der Waals surface area (Å²) in [5, 5.41) is 0. The van der Waals surface area contributed by atoms with Crippen molar-refractivity contribution in [2.24, 2.45) is 0 Å². The van der Waals surface area contributed by atoms with Crippen molar-refractivity contribution >= 4 is 56.6 Å². The number of carbonyl (C=O) groups is 1. The Morgan fingerprint density at radius 2 is 1.65 bits per heavy atom. The van der Waals surface area contributed by atoms with Gasteiger partial charge in [-0.3, -0.25) is 8.98 Å². The third kappa shape index (κ3) is 2.89. The first kappa shape index (κ1) is 15.9. The van der Waals surface area contributed by atoms with Gasteiger partial charge in [-0.2, -0.15) is 0 Å². The Kier molecular flexibility index (Phi) is 5.14. The van der Waals surface area contributed by atoms with Crippen LogP contribution in [0.3, 0.4) is 0 Å². The van der Waals surface area contributed by atoms with Crippen molar-refractivity contribution in [3.05, 3.63) is 59.7 Å². The van der Waals surface area contributed by atoms with Gasteiger partial charge >= 0.3 is 0 Å². The molecule has 0 bridgehead atoms. The number of ketones is 1. The lowest BCUT2D eigenvalue weighted by molar-refractivity contribution is 0.0770. The van der Waals surface area contributed by atoms with Crippen molar-refractivity contribution in [2.75, 3.05) is 0 Å². The monoisotopic (exact) mass is 340 g/mol. The van der Waals surface area contributed by atoms with E-state index in [1.807, 2.05) is 6.07 Å². The molecule has 1 unspecified atom stereocenters. The molecule has 104 valence electrons. The maximum Gasteiger partial charge on any atom is 0.214 e. The van der Waals surface area contributed by atoms with Crippen molar-refractivity contribution in [1.82, 2.24) is 0 Å². The van der Waals surface area contributed by atoms with Crippen LogP contribution < -0.4 is 0 Å². The number of hydrogen-bond acceptors (Lipinski definition) is 6. The summed E-state index contributed by atoms with van der Waals surface area (Å²) in [4.78, 5) is 12.3. The van der Waals surface area contributed by atoms with Gasteiger partial charge in [0.15, 0.2) is 0 Å². The SMILES string of the molecule is O=C(c1ccccc1)C(S)(OS)c1cccc(S)c1S. The molecular formula is C14H12O2S4. The highest BCUT2D eigenvalue weighted by atomic mass is 32.1. The van der Waals surface area contributed by atoms with Gasteiger partial charge in [0.05, 0.1) is 0 Å². The number of Topliss-reactive ketones (excluding diaryl/α,β-unsaturated/α-hetero) is 1. The molecule has 0 N–H and O–H groups in total. The summed E-state index contributed by atoms with van der Waals surface area (Å²) in [5.74, 6) is -0.314. The van der Waals surface area contributed by atoms with Crippen LogP contribution in [0, 0.1) is 0 Å². The van der Waals surface area contributed by atoms with E-state index in [0.717, 1.165) is 0 Å². The lowest BCUT2D eigenvalue weighted by Crippen LogP contribution is -2.31. The van der Waals surface area contributed by atoms with Crippen LogP contribution in [0.15, 0.2) is 58.3 Å². The van der Waals surface area contributed by atoms with Gasteiger partial charge in [-0.1, -0.05) is 42.5 Å². The molecule has 0 radical (unpaired) electrons. The molecule has 0 spiro atoms. The first-order valence-corrected chi connectivity index (χ1v) is 7.37. The molecule has 0 aromatic heterocycles. The van der Waals surface area contributed by atoms with Gasteiger partial charge < -0.3 is 0 Å². The fourth-order valence-corrected chi connectivity index (χ4v) is 2.90. The van der Waals surface area contributed by atoms with E-state index in [0.29, 0.717) is 20.9 Å². The summed E-state index contributed by atoms with van der Waals surface area (Å²) < 4.78 is 5.10. The van der Waals surface area contributed by atoms with Crippen molar-refractivity contribution in [3.8, 4) is 0 Å². The molecule has 20 heavy (non-hydrogen) atoms. The smallest absolute Gasteiger partial charge is 0.214 e. The fraction of sp³-hybridized carbons (Fsp3) is 0.0714. The van der Waals surface area contributed by atoms with Crippen LogP contribution in [-0.2, 0) is 9.12 Å². The molecule has 0 aliphatic rings. The van der Waals surface area contributed by atoms with E-state index >= 15 is 0 Å². The summed E-state index contributed by atoms with van der Waals surface area (Å²) in [6.07, 6.45) is 0. The topological polar surface area (TPSA) is 26.3 Å². The van der Waals surface area contributed by atoms with Crippen LogP contribution in [0.4, 0.5) is 0 Å². The Bertz CT molecular complexity index is 630. The minimum absolute atomic E-state index is 0.314. The van der Waals surface area contributed by atoms with Gasteiger partial charge in [-0.15, -0.1) is 37.9 Å². The van der Waals surface area contributed by atoms with E-state index in [4.69, 9.17) is 4.18 Å². The van der Waals surface area contributed by atoms with E-state index in [-0.39, 0.29) is 5.78 Å². The summed E-state index contributed by atoms with van der Waals surface area (Å²) in [5.41, 5.74) is 0.981. The van der Waals surface area contributed by atoms with Crippen molar-refractivity contribution < 1.29 is 8.98 Å². The Morgan fingerprint density at radius 1 is 1.00 bits per heavy atom. The first-order valence-electron chi connectivity index (χ1n) is 5.67. The highest BCUT2D eigenvalue weighted by Crippen LogP contribution is 2.40. The zero-order chi connectivity index (χ0) is 14.8. The lowest BCUT2D eigenvalue weighted by Gasteiger charge is -2.26. The Morgan fingerprint density at radius 3 is 2.25 bits per heavy atom. The molecule has 2 aromatic rings. The van der Waals surface area contributed by atoms with Gasteiger partial charge in [0.2, 0.25) is 10.7 Å². The van der Waals surface area contributed by atoms with E-state index in [9.17, 15) is 4.79 Å². The number of thiol groups is 4. The highest BCUT2D eigenvalue weighted by Gasteiger charge is 2.39. The normalized spacial score (nSPS) is 13.8. The maximum atomic E-state index is 12.7. The van der Waals surface area contributed by atoms with Crippen molar-refractivity contribution in [2.45, 2.75) is 14.7 Å². The summed E-state index contributed by atoms with van der Waals surface area (Å²) in [6.45, 7) is 0. The summed E-state index contributed by atoms with van der Waals surface area (Å²) >= 11 is 16.9. The fourth-order valence-electron chi connectivity index (χ4n) is 1.80. The van der Waals surface area contributed by atoms with Crippen LogP contribution >= 0.6 is 50.8 Å². The molecule has 0 aliphatic heterocycles. The van der Waals surface area contributed by atoms with Crippen molar-refractivity contribution in [3.63, 3.8) is 0 Å². The minimum atomic E-state index is -1.53. The molecule has 0 amide bonds. The molecule has 0 saturated heterocycles. The van der Waals surface area contributed by atoms with Gasteiger partial charge in [-0.25, -0.2) is 0 Å². The number of benzene rings is 2. The third-order valence-corrected chi connectivity index (χ3v) is 4.84. The van der Waals surface area contributed by atoms with Crippen LogP contribution in [0.1, 0.15) is 15.9 Å². The van der Waals surface area contributed by atoms with E-state index in [1.165, 1.54) is 0 Å². The standard InChI is InChI=1S/C14H12O2S4/c15-13(9-5-2-1-3-6-9)14(19,16-20)10-7-4-8-11(17)12(10)18/h1-8,17-20H. The zero-order valence-electron chi connectivity index (χ0n) is 10.2. The van der Waals surface area contributed by atoms with Gasteiger partial charge in [0, 0.05) is 20.9 Å². The average molecular weight is 341 g/mol. The third-order valence-electron chi connectivity index (χ3n) is 2.86. The second-order valence-corrected chi connectivity index (χ2v) is 5.85. The average Bonchev–Trinajstić information content (AvgIpc) is 2.49. The van der Waals surface area contributed by atoms with Gasteiger partial charge in [0.25, 0.3) is 0 Å². The quantitative estimate of drug-likeness (QED) is 0.292. The lowest BCUT2D eigenvalue weighted by atomic mass is 9.99. The Hall–Kier alpha value is -0.530. The van der Waals surface area contributed by atoms with Gasteiger partial charge in [-0.05, 0) is 19.0 Å². The minimum Gasteiger partial charge on any atom is -0.289 e. The van der Waals surface area contributed by atoms with E-state index in [1.54, 1.807) is 42.5 Å². The van der Waals surface area contributed by atoms with E-state index in [2.05, 4.69) is 50.8 Å². The molecule has 0 fully saturated rings. The van der Waals surface area contributed by atoms with Crippen LogP contribution in [0.2, 0.25) is 0 Å². The summed E-state index contributed by atoms with van der Waals surface area (Å²) in [6, 6.07) is 14.0. The van der Waals surface area contributed by atoms with Gasteiger partial charge in [0.1, 0.15) is 0 Å². The molecule has 2 nitrogen and oxygen atoms in total. The molecule has 0 aliphatic carbocycles. The number of hydrogen-bond donors (Lipinski definition) is 4. The molecule has 6 heteroatoms. The summed E-state index contributed by atoms with van der Waals surface area (Å²) in [7, 11) is 0. The molecule has 0 saturated carbocycles.